The predicted octanol–water partition coefficient (Wildman–Crippen LogP) is 2.97. The molecule has 1 aliphatic rings. The molecule has 1 aliphatic carbocycles. The van der Waals surface area contributed by atoms with Gasteiger partial charge < -0.3 is 18.9 Å². The predicted molar refractivity (Wildman–Crippen MR) is 114 cm³/mol. The number of benzene rings is 2. The van der Waals surface area contributed by atoms with Crippen molar-refractivity contribution in [2.24, 2.45) is 0 Å². The van der Waals surface area contributed by atoms with E-state index < -0.39 is 41.7 Å². The fourth-order valence-electron chi connectivity index (χ4n) is 3.93. The number of esters is 4. The van der Waals surface area contributed by atoms with Crippen molar-refractivity contribution in [2.45, 2.75) is 45.0 Å². The molecule has 0 bridgehead atoms. The topological polar surface area (TPSA) is 105 Å². The van der Waals surface area contributed by atoms with E-state index in [1.807, 2.05) is 36.4 Å². The van der Waals surface area contributed by atoms with Crippen LogP contribution in [0.1, 0.15) is 32.8 Å². The molecule has 1 unspecified atom stereocenters. The summed E-state index contributed by atoms with van der Waals surface area (Å²) in [6.07, 6.45) is -0.974. The number of methoxy groups -OCH3 is 1. The van der Waals surface area contributed by atoms with Crippen molar-refractivity contribution in [1.82, 2.24) is 0 Å². The van der Waals surface area contributed by atoms with Crippen LogP contribution in [0.4, 0.5) is 0 Å². The lowest BCUT2D eigenvalue weighted by Gasteiger charge is -2.39. The third-order valence-electron chi connectivity index (χ3n) is 5.09. The highest BCUT2D eigenvalue weighted by molar-refractivity contribution is 5.92. The zero-order chi connectivity index (χ0) is 23.5. The lowest BCUT2D eigenvalue weighted by Crippen LogP contribution is -2.52. The maximum Gasteiger partial charge on any atom is 0.354 e. The average molecular weight is 440 g/mol. The first-order chi connectivity index (χ1) is 15.1. The molecule has 0 saturated carbocycles. The lowest BCUT2D eigenvalue weighted by atomic mass is 9.79. The first kappa shape index (κ1) is 23.0. The van der Waals surface area contributed by atoms with Gasteiger partial charge >= 0.3 is 23.9 Å². The molecule has 0 radical (unpaired) electrons. The minimum Gasteiger partial charge on any atom is -0.466 e. The van der Waals surface area contributed by atoms with E-state index in [9.17, 15) is 19.2 Å². The van der Waals surface area contributed by atoms with Crippen LogP contribution in [-0.4, -0.2) is 48.8 Å². The Morgan fingerprint density at radius 3 is 2.12 bits per heavy atom. The van der Waals surface area contributed by atoms with Crippen LogP contribution in [-0.2, 0) is 38.1 Å². The molecule has 8 heteroatoms. The summed E-state index contributed by atoms with van der Waals surface area (Å²) < 4.78 is 21.3. The standard InChI is InChI=1S/C24H24O8/c1-14(25)30-21-13-24(23(28)29-4,32-16(3)27)12-20(22(21)31-15(2)26)19-10-9-17-7-5-6-8-18(17)11-19/h5-12,21-22H,13H2,1-4H3/t21?,22-,24+/m1/s1. The summed E-state index contributed by atoms with van der Waals surface area (Å²) in [5.41, 5.74) is -0.902. The maximum atomic E-state index is 12.8. The third kappa shape index (κ3) is 4.80. The van der Waals surface area contributed by atoms with Crippen molar-refractivity contribution >= 4 is 40.2 Å². The van der Waals surface area contributed by atoms with E-state index in [0.717, 1.165) is 24.8 Å². The molecule has 0 fully saturated rings. The Hall–Kier alpha value is -3.68. The summed E-state index contributed by atoms with van der Waals surface area (Å²) in [6, 6.07) is 13.1. The van der Waals surface area contributed by atoms with E-state index in [2.05, 4.69) is 0 Å². The Morgan fingerprint density at radius 1 is 0.875 bits per heavy atom. The van der Waals surface area contributed by atoms with Gasteiger partial charge in [0, 0.05) is 32.8 Å². The van der Waals surface area contributed by atoms with Gasteiger partial charge in [-0.3, -0.25) is 14.4 Å². The molecule has 2 aromatic rings. The Balaban J connectivity index is 2.25. The SMILES string of the molecule is COC(=O)[C@]1(OC(C)=O)C=C(c2ccc3ccccc3c2)[C@@H](OC(C)=O)C(OC(C)=O)C1. The van der Waals surface area contributed by atoms with Crippen LogP contribution in [0, 0.1) is 0 Å². The van der Waals surface area contributed by atoms with Gasteiger partial charge in [0.25, 0.3) is 0 Å². The van der Waals surface area contributed by atoms with Gasteiger partial charge in [0.2, 0.25) is 5.60 Å². The number of ether oxygens (including phenoxy) is 4. The molecule has 8 nitrogen and oxygen atoms in total. The van der Waals surface area contributed by atoms with Crippen molar-refractivity contribution in [2.75, 3.05) is 7.11 Å². The van der Waals surface area contributed by atoms with Gasteiger partial charge in [-0.05, 0) is 28.5 Å². The number of carbonyl (C=O) groups is 4. The third-order valence-corrected chi connectivity index (χ3v) is 5.09. The molecule has 0 aliphatic heterocycles. The number of fused-ring (bicyclic) bond motifs is 1. The summed E-state index contributed by atoms with van der Waals surface area (Å²) in [6.45, 7) is 3.59. The molecule has 32 heavy (non-hydrogen) atoms. The van der Waals surface area contributed by atoms with Crippen LogP contribution in [0.25, 0.3) is 16.3 Å². The summed E-state index contributed by atoms with van der Waals surface area (Å²) in [4.78, 5) is 48.4. The van der Waals surface area contributed by atoms with E-state index in [1.54, 1.807) is 6.07 Å². The van der Waals surface area contributed by atoms with E-state index in [1.165, 1.54) is 19.9 Å². The molecular formula is C24H24O8. The Bertz CT molecular complexity index is 1100. The van der Waals surface area contributed by atoms with Crippen LogP contribution in [0.3, 0.4) is 0 Å². The fourth-order valence-corrected chi connectivity index (χ4v) is 3.93. The summed E-state index contributed by atoms with van der Waals surface area (Å²) in [7, 11) is 1.16. The summed E-state index contributed by atoms with van der Waals surface area (Å²) >= 11 is 0. The maximum absolute atomic E-state index is 12.8. The quantitative estimate of drug-likeness (QED) is 0.516. The first-order valence-electron chi connectivity index (χ1n) is 9.99. The van der Waals surface area contributed by atoms with E-state index >= 15 is 0 Å². The van der Waals surface area contributed by atoms with Gasteiger partial charge in [-0.2, -0.15) is 0 Å². The lowest BCUT2D eigenvalue weighted by molar-refractivity contribution is -0.184. The van der Waals surface area contributed by atoms with Crippen molar-refractivity contribution in [3.8, 4) is 0 Å². The van der Waals surface area contributed by atoms with Crippen molar-refractivity contribution in [3.05, 3.63) is 54.1 Å². The monoisotopic (exact) mass is 440 g/mol. The zero-order valence-corrected chi connectivity index (χ0v) is 18.2. The molecule has 0 spiro atoms. The van der Waals surface area contributed by atoms with Crippen LogP contribution < -0.4 is 0 Å². The number of hydrogen-bond acceptors (Lipinski definition) is 8. The minimum absolute atomic E-state index is 0.270. The van der Waals surface area contributed by atoms with Gasteiger partial charge in [-0.1, -0.05) is 36.4 Å². The van der Waals surface area contributed by atoms with E-state index in [0.29, 0.717) is 11.1 Å². The molecule has 2 aromatic carbocycles. The molecule has 0 aromatic heterocycles. The highest BCUT2D eigenvalue weighted by Gasteiger charge is 2.52. The molecule has 0 heterocycles. The van der Waals surface area contributed by atoms with Crippen LogP contribution in [0.15, 0.2) is 48.5 Å². The van der Waals surface area contributed by atoms with Gasteiger partial charge in [0.1, 0.15) is 6.10 Å². The summed E-state index contributed by atoms with van der Waals surface area (Å²) in [5, 5.41) is 1.88. The van der Waals surface area contributed by atoms with Gasteiger partial charge in [0.05, 0.1) is 7.11 Å². The second kappa shape index (κ2) is 9.21. The van der Waals surface area contributed by atoms with Gasteiger partial charge in [-0.25, -0.2) is 4.79 Å². The molecular weight excluding hydrogens is 416 g/mol. The first-order valence-corrected chi connectivity index (χ1v) is 9.99. The Morgan fingerprint density at radius 2 is 1.53 bits per heavy atom. The smallest absolute Gasteiger partial charge is 0.354 e. The molecule has 0 saturated heterocycles. The average Bonchev–Trinajstić information content (AvgIpc) is 2.73. The summed E-state index contributed by atoms with van der Waals surface area (Å²) in [5.74, 6) is -2.81. The van der Waals surface area contributed by atoms with Crippen molar-refractivity contribution in [1.29, 1.82) is 0 Å². The van der Waals surface area contributed by atoms with Crippen molar-refractivity contribution in [3.63, 3.8) is 0 Å². The highest BCUT2D eigenvalue weighted by atomic mass is 16.6. The van der Waals surface area contributed by atoms with Gasteiger partial charge in [-0.15, -0.1) is 0 Å². The molecule has 3 atom stereocenters. The second-order valence-electron chi connectivity index (χ2n) is 7.52. The Kier molecular flexibility index (Phi) is 6.62. The molecule has 3 rings (SSSR count). The fraction of sp³-hybridized carbons (Fsp3) is 0.333. The minimum atomic E-state index is -1.86. The molecule has 0 amide bonds. The molecule has 0 N–H and O–H groups in total. The largest absolute Gasteiger partial charge is 0.466 e. The van der Waals surface area contributed by atoms with Crippen molar-refractivity contribution < 1.29 is 38.1 Å². The Labute approximate surface area is 185 Å². The normalized spacial score (nSPS) is 22.4. The molecule has 168 valence electrons. The van der Waals surface area contributed by atoms with Crippen LogP contribution in [0.5, 0.6) is 0 Å². The second-order valence-corrected chi connectivity index (χ2v) is 7.52. The number of carbonyl (C=O) groups excluding carboxylic acids is 4. The van der Waals surface area contributed by atoms with E-state index in [4.69, 9.17) is 18.9 Å². The van der Waals surface area contributed by atoms with Crippen LogP contribution >= 0.6 is 0 Å². The number of rotatable bonds is 5. The van der Waals surface area contributed by atoms with Crippen LogP contribution in [0.2, 0.25) is 0 Å². The highest BCUT2D eigenvalue weighted by Crippen LogP contribution is 2.40. The van der Waals surface area contributed by atoms with E-state index in [-0.39, 0.29) is 6.42 Å². The van der Waals surface area contributed by atoms with Gasteiger partial charge in [0.15, 0.2) is 6.10 Å². The zero-order valence-electron chi connectivity index (χ0n) is 18.2. The number of hydrogen-bond donors (Lipinski definition) is 0.